The summed E-state index contributed by atoms with van der Waals surface area (Å²) in [6.07, 6.45) is 10.7. The SMILES string of the molecule is CC(=O)CCCCOc1ccc(CN(C)CC(=O)O)cc1.CC(=O)CCCCOc1ccc(CN(C)CC(=O)O)cc1.CC(=O)CCCCOc1ccc(CN2CC(=O)C(=O)[C@H](Cc3ccc(O)cc3)NCN[C@@H](Cc3ccccc3)C2=O)cc1.CC(=O)CCCCOc1ccc(CN2CC(=O)CCN[C@@H](Cc3ccccc3)C2=O)cc1. The van der Waals surface area contributed by atoms with Gasteiger partial charge in [-0.05, 0) is 212 Å². The molecule has 0 unspecified atom stereocenters. The quantitative estimate of drug-likeness (QED) is 0.0153. The molecule has 0 saturated carbocycles. The van der Waals surface area contributed by atoms with Crippen LogP contribution in [0.4, 0.5) is 0 Å². The van der Waals surface area contributed by atoms with Crippen LogP contribution in [0.15, 0.2) is 182 Å². The number of likely N-dealkylation sites (N-methyl/N-ethyl adjacent to an activating group) is 2. The topological polar surface area (TPSA) is 334 Å². The van der Waals surface area contributed by atoms with Crippen molar-refractivity contribution in [1.29, 1.82) is 0 Å². The van der Waals surface area contributed by atoms with Gasteiger partial charge in [-0.1, -0.05) is 121 Å². The van der Waals surface area contributed by atoms with Crippen molar-refractivity contribution in [1.82, 2.24) is 35.6 Å². The number of unbranched alkanes of at least 4 members (excludes halogenated alkanes) is 4. The molecule has 7 aromatic carbocycles. The molecule has 117 heavy (non-hydrogen) atoms. The standard InChI is InChI=1S/C34H39N3O6.C26H32N2O4.2C16H23NO4/c1-24(38)7-5-6-18-43-29-16-12-27(13-17-29)21-37-22-32(40)33(41)30(19-26-10-14-28(39)15-11-26)35-23-36-31(34(37)42)20-25-8-3-2-4-9-25;1-20(29)7-5-6-16-32-24-12-10-22(11-13-24)18-28-19-23(30)14-15-27-25(26(28)31)17-21-8-3-2-4-9-21;2*1-13(18)5-3-4-10-21-15-8-6-14(7-9-15)11-17(2)12-16(19)20/h2-4,8-17,30-31,35-36,39H,5-7,18-23H2,1H3;2-4,8-13,25,27H,5-7,14-19H2,1H3;2*6-9H,3-5,10-12H2,1-2H3,(H,19,20)/t30-,31-;25-;;/m00../s1. The molecule has 25 heteroatoms. The third kappa shape index (κ3) is 39.9. The zero-order valence-electron chi connectivity index (χ0n) is 68.5. The minimum atomic E-state index is -0.831. The number of amides is 2. The minimum Gasteiger partial charge on any atom is -0.508 e. The number of ketones is 7. The van der Waals surface area contributed by atoms with E-state index >= 15 is 0 Å². The van der Waals surface area contributed by atoms with E-state index in [4.69, 9.17) is 29.2 Å². The van der Waals surface area contributed by atoms with Crippen LogP contribution in [0.3, 0.4) is 0 Å². The highest BCUT2D eigenvalue weighted by Crippen LogP contribution is 2.22. The van der Waals surface area contributed by atoms with E-state index in [0.29, 0.717) is 103 Å². The van der Waals surface area contributed by atoms with Crippen LogP contribution < -0.4 is 34.9 Å². The number of nitrogens with zero attached hydrogens (tertiary/aromatic N) is 4. The van der Waals surface area contributed by atoms with Gasteiger partial charge in [-0.15, -0.1) is 0 Å². The molecular formula is C92H117N7O18. The fourth-order valence-electron chi connectivity index (χ4n) is 12.7. The van der Waals surface area contributed by atoms with Gasteiger partial charge in [0.2, 0.25) is 23.4 Å². The number of aromatic hydroxyl groups is 1. The molecule has 3 atom stereocenters. The van der Waals surface area contributed by atoms with Gasteiger partial charge in [-0.25, -0.2) is 0 Å². The van der Waals surface area contributed by atoms with E-state index in [2.05, 4.69) is 16.0 Å². The lowest BCUT2D eigenvalue weighted by atomic mass is 9.98. The predicted octanol–water partition coefficient (Wildman–Crippen LogP) is 11.4. The minimum absolute atomic E-state index is 0.0222. The second kappa shape index (κ2) is 53.2. The van der Waals surface area contributed by atoms with Crippen molar-refractivity contribution in [3.05, 3.63) is 221 Å². The first kappa shape index (κ1) is 94.8. The van der Waals surface area contributed by atoms with Crippen molar-refractivity contribution in [3.63, 3.8) is 0 Å². The van der Waals surface area contributed by atoms with E-state index in [-0.39, 0.29) is 98.3 Å². The summed E-state index contributed by atoms with van der Waals surface area (Å²) in [6, 6.07) is 54.6. The van der Waals surface area contributed by atoms with Crippen LogP contribution in [0.5, 0.6) is 28.7 Å². The molecule has 2 aliphatic rings. The number of rotatable bonds is 42. The van der Waals surface area contributed by atoms with Crippen molar-refractivity contribution in [3.8, 4) is 28.7 Å². The summed E-state index contributed by atoms with van der Waals surface area (Å²) in [7, 11) is 3.54. The summed E-state index contributed by atoms with van der Waals surface area (Å²) in [5.41, 5.74) is 6.70. The highest BCUT2D eigenvalue weighted by atomic mass is 16.5. The van der Waals surface area contributed by atoms with Crippen molar-refractivity contribution in [2.75, 3.05) is 79.9 Å². The molecule has 0 bridgehead atoms. The van der Waals surface area contributed by atoms with Gasteiger partial charge in [-0.3, -0.25) is 54.0 Å². The molecule has 2 amide bonds. The lowest BCUT2D eigenvalue weighted by Gasteiger charge is -2.30. The Bertz CT molecular complexity index is 4120. The number of phenols is 1. The summed E-state index contributed by atoms with van der Waals surface area (Å²) >= 11 is 0. The second-order valence-electron chi connectivity index (χ2n) is 29.6. The maximum Gasteiger partial charge on any atom is 0.317 e. The average Bonchev–Trinajstić information content (AvgIpc) is 0.833. The Morgan fingerprint density at radius 3 is 1.07 bits per heavy atom. The predicted molar refractivity (Wildman–Crippen MR) is 447 cm³/mol. The maximum atomic E-state index is 13.8. The van der Waals surface area contributed by atoms with Crippen LogP contribution in [-0.2, 0) is 98.2 Å². The second-order valence-corrected chi connectivity index (χ2v) is 29.6. The molecule has 2 heterocycles. The number of aliphatic carboxylic acids is 2. The van der Waals surface area contributed by atoms with E-state index in [9.17, 15) is 57.8 Å². The number of carbonyl (C=O) groups excluding carboxylic acids is 9. The third-order valence-corrected chi connectivity index (χ3v) is 18.9. The Labute approximate surface area is 687 Å². The first-order chi connectivity index (χ1) is 56.2. The molecule has 2 saturated heterocycles. The van der Waals surface area contributed by atoms with Crippen molar-refractivity contribution in [2.24, 2.45) is 0 Å². The highest BCUT2D eigenvalue weighted by molar-refractivity contribution is 6.40. The summed E-state index contributed by atoms with van der Waals surface area (Å²) in [5.74, 6) is 0.787. The maximum absolute atomic E-state index is 13.8. The molecule has 0 spiro atoms. The number of nitrogens with one attached hydrogen (secondary N) is 3. The van der Waals surface area contributed by atoms with Gasteiger partial charge in [0, 0.05) is 71.5 Å². The van der Waals surface area contributed by atoms with Gasteiger partial charge in [0.15, 0.2) is 5.78 Å². The largest absolute Gasteiger partial charge is 0.508 e. The van der Waals surface area contributed by atoms with Crippen molar-refractivity contribution in [2.45, 2.75) is 175 Å². The van der Waals surface area contributed by atoms with Crippen molar-refractivity contribution >= 4 is 64.2 Å². The molecule has 0 aromatic heterocycles. The summed E-state index contributed by atoms with van der Waals surface area (Å²) in [6.45, 7) is 10.9. The molecule has 0 aliphatic carbocycles. The Balaban J connectivity index is 0.000000254. The summed E-state index contributed by atoms with van der Waals surface area (Å²) in [4.78, 5) is 137. The van der Waals surface area contributed by atoms with Crippen LogP contribution in [-0.4, -0.2) is 197 Å². The molecule has 25 nitrogen and oxygen atoms in total. The van der Waals surface area contributed by atoms with Crippen LogP contribution in [0, 0.1) is 0 Å². The molecule has 2 aliphatic heterocycles. The van der Waals surface area contributed by atoms with Gasteiger partial charge < -0.3 is 68.6 Å². The van der Waals surface area contributed by atoms with E-state index in [1.165, 1.54) is 4.90 Å². The highest BCUT2D eigenvalue weighted by Gasteiger charge is 2.34. The number of hydrogen-bond donors (Lipinski definition) is 6. The van der Waals surface area contributed by atoms with E-state index in [1.807, 2.05) is 158 Å². The number of carbonyl (C=O) groups is 11. The molecule has 7 aromatic rings. The first-order valence-corrected chi connectivity index (χ1v) is 40.1. The van der Waals surface area contributed by atoms with Gasteiger partial charge >= 0.3 is 11.9 Å². The molecule has 628 valence electrons. The zero-order valence-corrected chi connectivity index (χ0v) is 68.5. The molecule has 6 N–H and O–H groups in total. The lowest BCUT2D eigenvalue weighted by molar-refractivity contribution is -0.143. The molecule has 0 radical (unpaired) electrons. The number of ether oxygens (including phenoxy) is 4. The Kier molecular flexibility index (Phi) is 43.1. The average molecular weight is 1610 g/mol. The number of benzene rings is 7. The molecular weight excluding hydrogens is 1490 g/mol. The number of Topliss-reactive ketones (excluding diaryl/α,β-unsaturated/α-hetero) is 7. The number of phenolic OH excluding ortho intramolecular Hbond substituents is 1. The van der Waals surface area contributed by atoms with E-state index < -0.39 is 35.6 Å². The van der Waals surface area contributed by atoms with Gasteiger partial charge in [0.1, 0.15) is 51.9 Å². The lowest BCUT2D eigenvalue weighted by Crippen LogP contribution is -2.57. The smallest absolute Gasteiger partial charge is 0.317 e. The number of carboxylic acid groups (broad SMARTS) is 2. The summed E-state index contributed by atoms with van der Waals surface area (Å²) < 4.78 is 22.7. The monoisotopic (exact) mass is 1610 g/mol. The van der Waals surface area contributed by atoms with Crippen LogP contribution in [0.25, 0.3) is 0 Å². The van der Waals surface area contributed by atoms with Gasteiger partial charge in [0.05, 0.1) is 70.7 Å². The number of carboxylic acids is 2. The van der Waals surface area contributed by atoms with Gasteiger partial charge in [-0.2, -0.15) is 0 Å². The first-order valence-electron chi connectivity index (χ1n) is 40.1. The Morgan fingerprint density at radius 2 is 0.709 bits per heavy atom. The van der Waals surface area contributed by atoms with Crippen LogP contribution in [0.2, 0.25) is 0 Å². The fourth-order valence-corrected chi connectivity index (χ4v) is 12.7. The third-order valence-electron chi connectivity index (χ3n) is 18.9. The van der Waals surface area contributed by atoms with E-state index in [0.717, 1.165) is 108 Å². The number of hydrogen-bond acceptors (Lipinski definition) is 21. The van der Waals surface area contributed by atoms with Gasteiger partial charge in [0.25, 0.3) is 0 Å². The fraction of sp³-hybridized carbons (Fsp3) is 0.424. The van der Waals surface area contributed by atoms with Crippen LogP contribution >= 0.6 is 0 Å². The van der Waals surface area contributed by atoms with Crippen LogP contribution in [0.1, 0.15) is 150 Å². The zero-order chi connectivity index (χ0) is 84.7. The Hall–Kier alpha value is -11.1. The molecule has 2 fully saturated rings. The normalized spacial score (nSPS) is 15.1. The van der Waals surface area contributed by atoms with Crippen molar-refractivity contribution < 1.29 is 87.0 Å². The molecule has 9 rings (SSSR count). The van der Waals surface area contributed by atoms with E-state index in [1.54, 1.807) is 80.8 Å². The Morgan fingerprint density at radius 1 is 0.393 bits per heavy atom. The summed E-state index contributed by atoms with van der Waals surface area (Å²) in [5, 5.41) is 36.7.